The van der Waals surface area contributed by atoms with Crippen LogP contribution in [0, 0.1) is 18.8 Å². The van der Waals surface area contributed by atoms with Crippen LogP contribution in [-0.2, 0) is 6.54 Å². The number of fused-ring (bicyclic) bond motifs is 1. The Morgan fingerprint density at radius 1 is 1.12 bits per heavy atom. The standard InChI is InChI=1S/C18H25N5O/c1-12(2)18-16(21-11-24-18)9-22-5-14-7-23(8-15(14)6-22)17-4-13(3)19-10-20-17/h4,10-12,14-15H,5-9H2,1-3H3. The lowest BCUT2D eigenvalue weighted by Gasteiger charge is -2.22. The number of anilines is 1. The average Bonchev–Trinajstić information content (AvgIpc) is 3.21. The second kappa shape index (κ2) is 6.16. The summed E-state index contributed by atoms with van der Waals surface area (Å²) in [6, 6.07) is 2.09. The highest BCUT2D eigenvalue weighted by atomic mass is 16.3. The van der Waals surface area contributed by atoms with Gasteiger partial charge >= 0.3 is 0 Å². The van der Waals surface area contributed by atoms with E-state index in [0.29, 0.717) is 5.92 Å². The van der Waals surface area contributed by atoms with Crippen LogP contribution in [0.5, 0.6) is 0 Å². The van der Waals surface area contributed by atoms with Crippen LogP contribution in [0.25, 0.3) is 0 Å². The lowest BCUT2D eigenvalue weighted by Crippen LogP contribution is -2.29. The molecule has 2 aliphatic heterocycles. The molecule has 6 nitrogen and oxygen atoms in total. The molecule has 0 radical (unpaired) electrons. The van der Waals surface area contributed by atoms with Gasteiger partial charge in [0, 0.05) is 50.4 Å². The Balaban J connectivity index is 1.38. The van der Waals surface area contributed by atoms with Crippen molar-refractivity contribution < 1.29 is 4.42 Å². The lowest BCUT2D eigenvalue weighted by molar-refractivity contribution is 0.302. The van der Waals surface area contributed by atoms with Gasteiger partial charge in [0.25, 0.3) is 0 Å². The second-order valence-corrected chi connectivity index (χ2v) is 7.45. The van der Waals surface area contributed by atoms with E-state index >= 15 is 0 Å². The van der Waals surface area contributed by atoms with Gasteiger partial charge in [-0.05, 0) is 18.8 Å². The highest BCUT2D eigenvalue weighted by molar-refractivity contribution is 5.40. The fourth-order valence-corrected chi connectivity index (χ4v) is 4.10. The summed E-state index contributed by atoms with van der Waals surface area (Å²) >= 11 is 0. The number of oxazole rings is 1. The van der Waals surface area contributed by atoms with Crippen molar-refractivity contribution in [2.24, 2.45) is 11.8 Å². The molecule has 2 fully saturated rings. The van der Waals surface area contributed by atoms with Gasteiger partial charge in [-0.25, -0.2) is 15.0 Å². The van der Waals surface area contributed by atoms with Crippen molar-refractivity contribution in [2.75, 3.05) is 31.1 Å². The molecule has 0 aromatic carbocycles. The number of hydrogen-bond donors (Lipinski definition) is 0. The number of aryl methyl sites for hydroxylation is 1. The summed E-state index contributed by atoms with van der Waals surface area (Å²) in [5.74, 6) is 3.93. The normalized spacial score (nSPS) is 24.1. The Labute approximate surface area is 142 Å². The molecular formula is C18H25N5O. The summed E-state index contributed by atoms with van der Waals surface area (Å²) in [6.07, 6.45) is 3.25. The maximum absolute atomic E-state index is 5.56. The summed E-state index contributed by atoms with van der Waals surface area (Å²) < 4.78 is 5.56. The van der Waals surface area contributed by atoms with Crippen LogP contribution in [0.4, 0.5) is 5.82 Å². The quantitative estimate of drug-likeness (QED) is 0.860. The molecule has 6 heteroatoms. The maximum Gasteiger partial charge on any atom is 0.181 e. The van der Waals surface area contributed by atoms with Gasteiger partial charge in [0.1, 0.15) is 17.9 Å². The van der Waals surface area contributed by atoms with Gasteiger partial charge < -0.3 is 9.32 Å². The predicted octanol–water partition coefficient (Wildman–Crippen LogP) is 2.46. The minimum atomic E-state index is 0.390. The molecule has 0 aliphatic carbocycles. The first kappa shape index (κ1) is 15.6. The number of nitrogens with zero attached hydrogens (tertiary/aromatic N) is 5. The van der Waals surface area contributed by atoms with E-state index in [1.165, 1.54) is 0 Å². The molecule has 0 spiro atoms. The summed E-state index contributed by atoms with van der Waals surface area (Å²) in [6.45, 7) is 11.7. The van der Waals surface area contributed by atoms with Crippen molar-refractivity contribution in [3.05, 3.63) is 35.9 Å². The van der Waals surface area contributed by atoms with Crippen molar-refractivity contribution >= 4 is 5.82 Å². The fourth-order valence-electron chi connectivity index (χ4n) is 4.10. The largest absolute Gasteiger partial charge is 0.448 e. The van der Waals surface area contributed by atoms with Crippen molar-refractivity contribution in [3.8, 4) is 0 Å². The van der Waals surface area contributed by atoms with Crippen molar-refractivity contribution in [1.29, 1.82) is 0 Å². The topological polar surface area (TPSA) is 58.3 Å². The Kier molecular flexibility index (Phi) is 4.00. The third kappa shape index (κ3) is 2.90. The van der Waals surface area contributed by atoms with E-state index in [1.807, 2.05) is 6.92 Å². The molecule has 128 valence electrons. The van der Waals surface area contributed by atoms with Crippen molar-refractivity contribution in [2.45, 2.75) is 33.2 Å². The summed E-state index contributed by atoms with van der Waals surface area (Å²) in [7, 11) is 0. The number of aromatic nitrogens is 3. The van der Waals surface area contributed by atoms with Gasteiger partial charge in [0.05, 0.1) is 5.69 Å². The van der Waals surface area contributed by atoms with Gasteiger partial charge in [-0.15, -0.1) is 0 Å². The number of hydrogen-bond acceptors (Lipinski definition) is 6. The SMILES string of the molecule is Cc1cc(N2CC3CN(Cc4ncoc4C(C)C)CC3C2)ncn1. The minimum Gasteiger partial charge on any atom is -0.448 e. The van der Waals surface area contributed by atoms with E-state index in [0.717, 1.165) is 67.5 Å². The van der Waals surface area contributed by atoms with E-state index < -0.39 is 0 Å². The third-order valence-corrected chi connectivity index (χ3v) is 5.25. The molecule has 2 saturated heterocycles. The van der Waals surface area contributed by atoms with Crippen LogP contribution in [0.3, 0.4) is 0 Å². The minimum absolute atomic E-state index is 0.390. The molecule has 2 aromatic rings. The lowest BCUT2D eigenvalue weighted by atomic mass is 10.0. The van der Waals surface area contributed by atoms with Gasteiger partial charge in [-0.2, -0.15) is 0 Å². The maximum atomic E-state index is 5.56. The second-order valence-electron chi connectivity index (χ2n) is 7.45. The smallest absolute Gasteiger partial charge is 0.181 e. The van der Waals surface area contributed by atoms with Crippen molar-refractivity contribution in [3.63, 3.8) is 0 Å². The highest BCUT2D eigenvalue weighted by Gasteiger charge is 2.40. The van der Waals surface area contributed by atoms with Crippen molar-refractivity contribution in [1.82, 2.24) is 19.9 Å². The monoisotopic (exact) mass is 327 g/mol. The first-order valence-electron chi connectivity index (χ1n) is 8.78. The highest BCUT2D eigenvalue weighted by Crippen LogP contribution is 2.34. The molecule has 4 heterocycles. The molecule has 0 bridgehead atoms. The van der Waals surface area contributed by atoms with Gasteiger partial charge in [0.15, 0.2) is 6.39 Å². The average molecular weight is 327 g/mol. The Bertz CT molecular complexity index is 699. The molecular weight excluding hydrogens is 302 g/mol. The molecule has 24 heavy (non-hydrogen) atoms. The Hall–Kier alpha value is -1.95. The summed E-state index contributed by atoms with van der Waals surface area (Å²) in [4.78, 5) is 18.0. The molecule has 2 aromatic heterocycles. The van der Waals surface area contributed by atoms with E-state index in [1.54, 1.807) is 12.7 Å². The first-order chi connectivity index (χ1) is 11.6. The molecule has 0 amide bonds. The van der Waals surface area contributed by atoms with Crippen LogP contribution in [-0.4, -0.2) is 46.0 Å². The Morgan fingerprint density at radius 3 is 2.54 bits per heavy atom. The molecule has 0 saturated carbocycles. The molecule has 2 aliphatic rings. The molecule has 0 N–H and O–H groups in total. The molecule has 2 unspecified atom stereocenters. The summed E-state index contributed by atoms with van der Waals surface area (Å²) in [5.41, 5.74) is 2.14. The van der Waals surface area contributed by atoms with Crippen LogP contribution in [0.2, 0.25) is 0 Å². The number of likely N-dealkylation sites (tertiary alicyclic amines) is 1. The zero-order valence-corrected chi connectivity index (χ0v) is 14.6. The fraction of sp³-hybridized carbons (Fsp3) is 0.611. The van der Waals surface area contributed by atoms with Crippen LogP contribution < -0.4 is 4.90 Å². The third-order valence-electron chi connectivity index (χ3n) is 5.25. The molecule has 2 atom stereocenters. The predicted molar refractivity (Wildman–Crippen MR) is 91.8 cm³/mol. The van der Waals surface area contributed by atoms with Crippen LogP contribution in [0.1, 0.15) is 36.9 Å². The first-order valence-corrected chi connectivity index (χ1v) is 8.78. The van der Waals surface area contributed by atoms with E-state index in [9.17, 15) is 0 Å². The Morgan fingerprint density at radius 2 is 1.88 bits per heavy atom. The molecule has 4 rings (SSSR count). The zero-order valence-electron chi connectivity index (χ0n) is 14.6. The van der Waals surface area contributed by atoms with Gasteiger partial charge in [-0.1, -0.05) is 13.8 Å². The number of rotatable bonds is 4. The van der Waals surface area contributed by atoms with Gasteiger partial charge in [0.2, 0.25) is 0 Å². The van der Waals surface area contributed by atoms with E-state index in [2.05, 4.69) is 44.7 Å². The van der Waals surface area contributed by atoms with Crippen LogP contribution >= 0.6 is 0 Å². The van der Waals surface area contributed by atoms with E-state index in [4.69, 9.17) is 4.42 Å². The van der Waals surface area contributed by atoms with Crippen LogP contribution in [0.15, 0.2) is 23.2 Å². The summed E-state index contributed by atoms with van der Waals surface area (Å²) in [5, 5.41) is 0. The zero-order chi connectivity index (χ0) is 16.7. The van der Waals surface area contributed by atoms with E-state index in [-0.39, 0.29) is 0 Å². The van der Waals surface area contributed by atoms with Gasteiger partial charge in [-0.3, -0.25) is 4.90 Å².